The Kier molecular flexibility index (Phi) is 1.28. The highest BCUT2D eigenvalue weighted by molar-refractivity contribution is 5.45. The second-order valence-electron chi connectivity index (χ2n) is 2.22. The fourth-order valence-corrected chi connectivity index (χ4v) is 1.05. The van der Waals surface area contributed by atoms with Crippen LogP contribution in [-0.4, -0.2) is 6.47 Å². The number of hydrogen-bond acceptors (Lipinski definition) is 3. The predicted octanol–water partition coefficient (Wildman–Crippen LogP) is 1.25. The van der Waals surface area contributed by atoms with E-state index in [0.717, 1.165) is 11.3 Å². The van der Waals surface area contributed by atoms with Crippen molar-refractivity contribution in [3.8, 4) is 5.75 Å². The highest BCUT2D eigenvalue weighted by atomic mass is 16.7. The maximum Gasteiger partial charge on any atom is 0.296 e. The van der Waals surface area contributed by atoms with Crippen molar-refractivity contribution in [3.63, 3.8) is 0 Å². The zero-order valence-electron chi connectivity index (χ0n) is 5.69. The number of para-hydroxylation sites is 1. The molecule has 1 aliphatic rings. The van der Waals surface area contributed by atoms with Crippen molar-refractivity contribution in [2.45, 2.75) is 6.29 Å². The van der Waals surface area contributed by atoms with Gasteiger partial charge in [-0.15, -0.1) is 0 Å². The molecule has 0 amide bonds. The van der Waals surface area contributed by atoms with E-state index in [-0.39, 0.29) is 0 Å². The summed E-state index contributed by atoms with van der Waals surface area (Å²) in [6.07, 6.45) is -0.483. The molecule has 1 atom stereocenters. The Labute approximate surface area is 63.5 Å². The van der Waals surface area contributed by atoms with Gasteiger partial charge in [0, 0.05) is 0 Å². The van der Waals surface area contributed by atoms with Gasteiger partial charge in [0.05, 0.1) is 5.56 Å². The number of rotatable bonds is 2. The van der Waals surface area contributed by atoms with Gasteiger partial charge < -0.3 is 9.47 Å². The molecule has 1 unspecified atom stereocenters. The minimum absolute atomic E-state index is 0.389. The largest absolute Gasteiger partial charge is 0.450 e. The van der Waals surface area contributed by atoms with E-state index >= 15 is 0 Å². The van der Waals surface area contributed by atoms with Gasteiger partial charge in [-0.25, -0.2) is 0 Å². The lowest BCUT2D eigenvalue weighted by atomic mass is 10.1. The van der Waals surface area contributed by atoms with Crippen molar-refractivity contribution < 1.29 is 14.3 Å². The lowest BCUT2D eigenvalue weighted by Gasteiger charge is -2.28. The third-order valence-corrected chi connectivity index (χ3v) is 1.59. The van der Waals surface area contributed by atoms with Crippen LogP contribution in [0.5, 0.6) is 5.75 Å². The van der Waals surface area contributed by atoms with Gasteiger partial charge in [0.2, 0.25) is 0 Å². The molecule has 1 heterocycles. The zero-order valence-corrected chi connectivity index (χ0v) is 5.69. The van der Waals surface area contributed by atoms with Crippen LogP contribution in [0.2, 0.25) is 0 Å². The van der Waals surface area contributed by atoms with Crippen LogP contribution in [0, 0.1) is 0 Å². The summed E-state index contributed by atoms with van der Waals surface area (Å²) in [5.41, 5.74) is 0.930. The molecule has 0 aromatic heterocycles. The zero-order chi connectivity index (χ0) is 7.68. The summed E-state index contributed by atoms with van der Waals surface area (Å²) >= 11 is 0. The Morgan fingerprint density at radius 3 is 3.00 bits per heavy atom. The van der Waals surface area contributed by atoms with Crippen molar-refractivity contribution in [1.82, 2.24) is 0 Å². The van der Waals surface area contributed by atoms with Crippen molar-refractivity contribution in [3.05, 3.63) is 29.8 Å². The third-order valence-electron chi connectivity index (χ3n) is 1.59. The smallest absolute Gasteiger partial charge is 0.296 e. The standard InChI is InChI=1S/C8H6O3/c9-5-10-8-6-3-1-2-4-7(6)11-8/h1-5,8H. The summed E-state index contributed by atoms with van der Waals surface area (Å²) in [6.45, 7) is 0.389. The summed E-state index contributed by atoms with van der Waals surface area (Å²) in [5.74, 6) is 0.791. The molecule has 0 spiro atoms. The predicted molar refractivity (Wildman–Crippen MR) is 37.0 cm³/mol. The van der Waals surface area contributed by atoms with Gasteiger partial charge >= 0.3 is 0 Å². The number of carbonyl (C=O) groups is 1. The number of hydrogen-bond donors (Lipinski definition) is 0. The third kappa shape index (κ3) is 0.852. The number of ether oxygens (including phenoxy) is 2. The first kappa shape index (κ1) is 6.22. The molecule has 0 aliphatic carbocycles. The fraction of sp³-hybridized carbons (Fsp3) is 0.125. The van der Waals surface area contributed by atoms with Crippen molar-refractivity contribution >= 4 is 6.47 Å². The molecule has 1 aromatic rings. The normalized spacial score (nSPS) is 19.1. The molecule has 1 aromatic carbocycles. The molecule has 0 saturated heterocycles. The summed E-state index contributed by atoms with van der Waals surface area (Å²) < 4.78 is 9.67. The van der Waals surface area contributed by atoms with Crippen molar-refractivity contribution in [1.29, 1.82) is 0 Å². The molecular formula is C8H6O3. The number of fused-ring (bicyclic) bond motifs is 1. The van der Waals surface area contributed by atoms with Crippen LogP contribution < -0.4 is 4.74 Å². The summed E-state index contributed by atoms with van der Waals surface area (Å²) in [5, 5.41) is 0. The maximum absolute atomic E-state index is 9.92. The van der Waals surface area contributed by atoms with Gasteiger partial charge in [0.1, 0.15) is 5.75 Å². The van der Waals surface area contributed by atoms with E-state index in [1.165, 1.54) is 0 Å². The minimum Gasteiger partial charge on any atom is -0.450 e. The Morgan fingerprint density at radius 1 is 1.45 bits per heavy atom. The second-order valence-corrected chi connectivity index (χ2v) is 2.22. The SMILES string of the molecule is O=COC1Oc2ccccc21. The van der Waals surface area contributed by atoms with E-state index in [9.17, 15) is 4.79 Å². The molecule has 0 saturated carbocycles. The minimum atomic E-state index is -0.483. The first-order valence-corrected chi connectivity index (χ1v) is 3.26. The highest BCUT2D eigenvalue weighted by Gasteiger charge is 2.28. The van der Waals surface area contributed by atoms with Gasteiger partial charge in [-0.2, -0.15) is 0 Å². The van der Waals surface area contributed by atoms with Crippen LogP contribution in [0.1, 0.15) is 11.9 Å². The van der Waals surface area contributed by atoms with Crippen molar-refractivity contribution in [2.75, 3.05) is 0 Å². The van der Waals surface area contributed by atoms with Gasteiger partial charge in [-0.05, 0) is 12.1 Å². The van der Waals surface area contributed by atoms with Gasteiger partial charge in [0.15, 0.2) is 0 Å². The van der Waals surface area contributed by atoms with E-state index in [0.29, 0.717) is 6.47 Å². The molecular weight excluding hydrogens is 144 g/mol. The molecule has 1 aliphatic heterocycles. The lowest BCUT2D eigenvalue weighted by molar-refractivity contribution is -0.155. The molecule has 0 radical (unpaired) electrons. The summed E-state index contributed by atoms with van der Waals surface area (Å²) in [7, 11) is 0. The second kappa shape index (κ2) is 2.27. The monoisotopic (exact) mass is 150 g/mol. The van der Waals surface area contributed by atoms with E-state index in [1.807, 2.05) is 24.3 Å². The molecule has 11 heavy (non-hydrogen) atoms. The molecule has 0 N–H and O–H groups in total. The van der Waals surface area contributed by atoms with Crippen LogP contribution in [0.4, 0.5) is 0 Å². The first-order chi connectivity index (χ1) is 5.42. The van der Waals surface area contributed by atoms with Crippen LogP contribution in [0.25, 0.3) is 0 Å². The van der Waals surface area contributed by atoms with Crippen LogP contribution >= 0.6 is 0 Å². The molecule has 0 bridgehead atoms. The lowest BCUT2D eigenvalue weighted by Crippen LogP contribution is -2.21. The van der Waals surface area contributed by atoms with Crippen LogP contribution in [-0.2, 0) is 9.53 Å². The Bertz CT molecular complexity index is 282. The number of carbonyl (C=O) groups excluding carboxylic acids is 1. The van der Waals surface area contributed by atoms with E-state index in [4.69, 9.17) is 4.74 Å². The quantitative estimate of drug-likeness (QED) is 0.595. The number of benzene rings is 1. The van der Waals surface area contributed by atoms with Crippen molar-refractivity contribution in [2.24, 2.45) is 0 Å². The first-order valence-electron chi connectivity index (χ1n) is 3.26. The Hall–Kier alpha value is -1.51. The van der Waals surface area contributed by atoms with E-state index in [2.05, 4.69) is 4.74 Å². The van der Waals surface area contributed by atoms with Gasteiger partial charge in [-0.3, -0.25) is 4.79 Å². The Balaban J connectivity index is 2.22. The highest BCUT2D eigenvalue weighted by Crippen LogP contribution is 2.38. The van der Waals surface area contributed by atoms with Gasteiger partial charge in [-0.1, -0.05) is 12.1 Å². The topological polar surface area (TPSA) is 35.5 Å². The molecule has 3 nitrogen and oxygen atoms in total. The Morgan fingerprint density at radius 2 is 2.27 bits per heavy atom. The average molecular weight is 150 g/mol. The molecule has 0 fully saturated rings. The van der Waals surface area contributed by atoms with Crippen LogP contribution in [0.15, 0.2) is 24.3 Å². The van der Waals surface area contributed by atoms with Gasteiger partial charge in [0.25, 0.3) is 12.8 Å². The average Bonchev–Trinajstić information content (AvgIpc) is 2.01. The molecule has 2 rings (SSSR count). The summed E-state index contributed by atoms with van der Waals surface area (Å²) in [6, 6.07) is 7.45. The summed E-state index contributed by atoms with van der Waals surface area (Å²) in [4.78, 5) is 9.92. The van der Waals surface area contributed by atoms with Crippen LogP contribution in [0.3, 0.4) is 0 Å². The fourth-order valence-electron chi connectivity index (χ4n) is 1.05. The van der Waals surface area contributed by atoms with E-state index in [1.54, 1.807) is 0 Å². The maximum atomic E-state index is 9.92. The molecule has 3 heteroatoms. The molecule has 56 valence electrons. The van der Waals surface area contributed by atoms with E-state index < -0.39 is 6.29 Å².